The lowest BCUT2D eigenvalue weighted by Crippen LogP contribution is -2.64. The molecule has 4 unspecified atom stereocenters. The van der Waals surface area contributed by atoms with Gasteiger partial charge in [-0.2, -0.15) is 0 Å². The van der Waals surface area contributed by atoms with Crippen LogP contribution in [0, 0.1) is 35.0 Å². The van der Waals surface area contributed by atoms with Crippen LogP contribution in [0.1, 0.15) is 40.0 Å². The number of rotatable bonds is 2. The first-order valence-corrected chi connectivity index (χ1v) is 6.89. The van der Waals surface area contributed by atoms with E-state index < -0.39 is 0 Å². The van der Waals surface area contributed by atoms with Gasteiger partial charge in [-0.3, -0.25) is 0 Å². The van der Waals surface area contributed by atoms with Crippen LogP contribution in [0.5, 0.6) is 0 Å². The highest BCUT2D eigenvalue weighted by atomic mass is 16.3. The van der Waals surface area contributed by atoms with Crippen molar-refractivity contribution in [2.24, 2.45) is 35.0 Å². The number of hydrogen-bond acceptors (Lipinski definition) is 1. The van der Waals surface area contributed by atoms with Crippen LogP contribution >= 0.6 is 0 Å². The lowest BCUT2D eigenvalue weighted by molar-refractivity contribution is -0.183. The molecule has 1 nitrogen and oxygen atoms in total. The predicted octanol–water partition coefficient (Wildman–Crippen LogP) is 3.24. The van der Waals surface area contributed by atoms with Crippen molar-refractivity contribution in [3.05, 3.63) is 11.6 Å². The maximum atomic E-state index is 9.51. The summed E-state index contributed by atoms with van der Waals surface area (Å²) in [6, 6.07) is 0. The van der Waals surface area contributed by atoms with Gasteiger partial charge in [-0.1, -0.05) is 26.8 Å². The van der Waals surface area contributed by atoms with Crippen LogP contribution in [0.15, 0.2) is 11.6 Å². The van der Waals surface area contributed by atoms with Crippen LogP contribution < -0.4 is 0 Å². The van der Waals surface area contributed by atoms with Crippen molar-refractivity contribution in [3.8, 4) is 0 Å². The minimum absolute atomic E-state index is 0.300. The van der Waals surface area contributed by atoms with Crippen LogP contribution in [0.25, 0.3) is 0 Å². The van der Waals surface area contributed by atoms with Crippen molar-refractivity contribution in [2.45, 2.75) is 40.0 Å². The Morgan fingerprint density at radius 2 is 2.25 bits per heavy atom. The Morgan fingerprint density at radius 1 is 1.50 bits per heavy atom. The van der Waals surface area contributed by atoms with Gasteiger partial charge in [0.25, 0.3) is 0 Å². The highest BCUT2D eigenvalue weighted by molar-refractivity contribution is 5.29. The molecule has 3 fully saturated rings. The summed E-state index contributed by atoms with van der Waals surface area (Å²) in [7, 11) is 0. The molecule has 1 heteroatoms. The van der Waals surface area contributed by atoms with Gasteiger partial charge in [0.05, 0.1) is 6.61 Å². The average molecular weight is 220 g/mol. The topological polar surface area (TPSA) is 20.2 Å². The summed E-state index contributed by atoms with van der Waals surface area (Å²) >= 11 is 0. The van der Waals surface area contributed by atoms with E-state index in [0.29, 0.717) is 12.0 Å². The Morgan fingerprint density at radius 3 is 2.88 bits per heavy atom. The lowest BCUT2D eigenvalue weighted by Gasteiger charge is -2.70. The average Bonchev–Trinajstić information content (AvgIpc) is 2.29. The minimum atomic E-state index is 0.300. The number of aliphatic hydroxyl groups is 1. The first-order valence-electron chi connectivity index (χ1n) is 6.89. The molecular weight excluding hydrogens is 196 g/mol. The molecule has 1 N–H and O–H groups in total. The second-order valence-corrected chi connectivity index (χ2v) is 6.79. The highest BCUT2D eigenvalue weighted by Crippen LogP contribution is 2.71. The van der Waals surface area contributed by atoms with E-state index in [2.05, 4.69) is 26.8 Å². The third-order valence-electron chi connectivity index (χ3n) is 5.99. The fourth-order valence-corrected chi connectivity index (χ4v) is 5.22. The maximum Gasteiger partial charge on any atom is 0.0644 e. The van der Waals surface area contributed by atoms with Gasteiger partial charge in [0.2, 0.25) is 0 Å². The van der Waals surface area contributed by atoms with Gasteiger partial charge in [0.15, 0.2) is 0 Å². The normalized spacial score (nSPS) is 49.9. The Balaban J connectivity index is 1.93. The van der Waals surface area contributed by atoms with Gasteiger partial charge >= 0.3 is 0 Å². The largest absolute Gasteiger partial charge is 0.392 e. The molecule has 4 aliphatic carbocycles. The molecule has 4 rings (SSSR count). The van der Waals surface area contributed by atoms with Crippen molar-refractivity contribution in [2.75, 3.05) is 6.61 Å². The molecule has 0 saturated heterocycles. The lowest BCUT2D eigenvalue weighted by atomic mass is 9.34. The summed E-state index contributed by atoms with van der Waals surface area (Å²) in [4.78, 5) is 0. The first-order chi connectivity index (χ1) is 7.59. The summed E-state index contributed by atoms with van der Waals surface area (Å²) in [5.74, 6) is 4.27. The molecule has 0 aromatic heterocycles. The predicted molar refractivity (Wildman–Crippen MR) is 65.9 cm³/mol. The SMILES string of the molecule is CC(C)C1CCC2(C)C3CC=C(CO)[C@@H]2C13. The van der Waals surface area contributed by atoms with E-state index in [1.165, 1.54) is 24.8 Å². The van der Waals surface area contributed by atoms with Crippen LogP contribution in [-0.2, 0) is 0 Å². The van der Waals surface area contributed by atoms with Crippen LogP contribution in [-0.4, -0.2) is 11.7 Å². The van der Waals surface area contributed by atoms with E-state index in [0.717, 1.165) is 29.6 Å². The van der Waals surface area contributed by atoms with Gasteiger partial charge in [-0.15, -0.1) is 0 Å². The monoisotopic (exact) mass is 220 g/mol. The van der Waals surface area contributed by atoms with Crippen LogP contribution in [0.4, 0.5) is 0 Å². The smallest absolute Gasteiger partial charge is 0.0644 e. The summed E-state index contributed by atoms with van der Waals surface area (Å²) in [5.41, 5.74) is 1.91. The van der Waals surface area contributed by atoms with Gasteiger partial charge < -0.3 is 5.11 Å². The molecule has 0 aromatic rings. The van der Waals surface area contributed by atoms with E-state index in [1.54, 1.807) is 0 Å². The van der Waals surface area contributed by atoms with Crippen LogP contribution in [0.3, 0.4) is 0 Å². The third-order valence-corrected chi connectivity index (χ3v) is 5.99. The zero-order valence-corrected chi connectivity index (χ0v) is 10.7. The Labute approximate surface area is 98.9 Å². The Kier molecular flexibility index (Phi) is 2.27. The fraction of sp³-hybridized carbons (Fsp3) is 0.867. The quantitative estimate of drug-likeness (QED) is 0.708. The molecule has 4 aliphatic rings. The number of hydrogen-bond donors (Lipinski definition) is 1. The maximum absolute atomic E-state index is 9.51. The van der Waals surface area contributed by atoms with Crippen LogP contribution in [0.2, 0.25) is 0 Å². The number of allylic oxidation sites excluding steroid dienone is 1. The minimum Gasteiger partial charge on any atom is -0.392 e. The van der Waals surface area contributed by atoms with Gasteiger partial charge in [0.1, 0.15) is 0 Å². The van der Waals surface area contributed by atoms with Crippen molar-refractivity contribution in [1.29, 1.82) is 0 Å². The molecule has 0 heterocycles. The molecule has 0 amide bonds. The molecule has 3 saturated carbocycles. The van der Waals surface area contributed by atoms with E-state index in [-0.39, 0.29) is 0 Å². The highest BCUT2D eigenvalue weighted by Gasteiger charge is 2.65. The van der Waals surface area contributed by atoms with Crippen molar-refractivity contribution >= 4 is 0 Å². The molecule has 4 bridgehead atoms. The zero-order valence-electron chi connectivity index (χ0n) is 10.7. The van der Waals surface area contributed by atoms with E-state index in [1.807, 2.05) is 0 Å². The van der Waals surface area contributed by atoms with Gasteiger partial charge in [-0.25, -0.2) is 0 Å². The standard InChI is InChI=1S/C15H24O/c1-9(2)11-6-7-15(3)12-5-4-10(8-16)14(15)13(11)12/h4,9,11-14,16H,5-8H2,1-3H3/t11?,12?,13?,14-,15?/m1/s1. The molecule has 0 aliphatic heterocycles. The first kappa shape index (κ1) is 10.8. The molecular formula is C15H24O. The van der Waals surface area contributed by atoms with E-state index in [4.69, 9.17) is 0 Å². The molecule has 0 aromatic carbocycles. The van der Waals surface area contributed by atoms with E-state index >= 15 is 0 Å². The van der Waals surface area contributed by atoms with Gasteiger partial charge in [0, 0.05) is 0 Å². The molecule has 0 radical (unpaired) electrons. The number of aliphatic hydroxyl groups excluding tert-OH is 1. The van der Waals surface area contributed by atoms with Crippen molar-refractivity contribution in [1.82, 2.24) is 0 Å². The van der Waals surface area contributed by atoms with Gasteiger partial charge in [-0.05, 0) is 59.8 Å². The second kappa shape index (κ2) is 3.35. The second-order valence-electron chi connectivity index (χ2n) is 6.79. The molecule has 5 atom stereocenters. The fourth-order valence-electron chi connectivity index (χ4n) is 5.22. The third kappa shape index (κ3) is 1.11. The molecule has 16 heavy (non-hydrogen) atoms. The molecule has 0 spiro atoms. The summed E-state index contributed by atoms with van der Waals surface area (Å²) in [6.07, 6.45) is 6.37. The van der Waals surface area contributed by atoms with E-state index in [9.17, 15) is 5.11 Å². The zero-order chi connectivity index (χ0) is 11.5. The summed E-state index contributed by atoms with van der Waals surface area (Å²) in [6.45, 7) is 7.53. The van der Waals surface area contributed by atoms with Crippen molar-refractivity contribution in [3.63, 3.8) is 0 Å². The molecule has 90 valence electrons. The number of fused-ring (bicyclic) bond motifs is 2. The Bertz CT molecular complexity index is 330. The summed E-state index contributed by atoms with van der Waals surface area (Å²) < 4.78 is 0. The Hall–Kier alpha value is -0.300. The summed E-state index contributed by atoms with van der Waals surface area (Å²) in [5, 5.41) is 9.51. The van der Waals surface area contributed by atoms with Crippen molar-refractivity contribution < 1.29 is 5.11 Å².